The summed E-state index contributed by atoms with van der Waals surface area (Å²) in [6.45, 7) is 5.36. The zero-order chi connectivity index (χ0) is 14.5. The Morgan fingerprint density at radius 3 is 2.58 bits per heavy atom. The van der Waals surface area contributed by atoms with Crippen LogP contribution in [0.3, 0.4) is 0 Å². The van der Waals surface area contributed by atoms with Gasteiger partial charge >= 0.3 is 0 Å². The van der Waals surface area contributed by atoms with Gasteiger partial charge in [-0.25, -0.2) is 8.42 Å². The van der Waals surface area contributed by atoms with Gasteiger partial charge in [-0.3, -0.25) is 0 Å². The fraction of sp³-hybridized carbons (Fsp3) is 0.500. The average Bonchev–Trinajstić information content (AvgIpc) is 2.37. The van der Waals surface area contributed by atoms with Crippen molar-refractivity contribution in [3.63, 3.8) is 0 Å². The molecule has 19 heavy (non-hydrogen) atoms. The van der Waals surface area contributed by atoms with E-state index in [1.165, 1.54) is 10.4 Å². The summed E-state index contributed by atoms with van der Waals surface area (Å²) in [6, 6.07) is 4.64. The highest BCUT2D eigenvalue weighted by atomic mass is 79.9. The summed E-state index contributed by atoms with van der Waals surface area (Å²) in [4.78, 5) is 0.201. The van der Waals surface area contributed by atoms with Gasteiger partial charge in [-0.15, -0.1) is 0 Å². The molecule has 1 rings (SSSR count). The van der Waals surface area contributed by atoms with Crippen LogP contribution < -0.4 is 5.73 Å². The number of hydrogen-bond donors (Lipinski definition) is 1. The van der Waals surface area contributed by atoms with Crippen molar-refractivity contribution in [2.75, 3.05) is 32.0 Å². The van der Waals surface area contributed by atoms with Gasteiger partial charge in [0.25, 0.3) is 0 Å². The second-order valence-corrected chi connectivity index (χ2v) is 6.67. The highest BCUT2D eigenvalue weighted by Gasteiger charge is 2.23. The van der Waals surface area contributed by atoms with Gasteiger partial charge in [0.15, 0.2) is 0 Å². The molecule has 1 aromatic carbocycles. The van der Waals surface area contributed by atoms with E-state index in [9.17, 15) is 8.42 Å². The molecule has 0 aliphatic carbocycles. The number of sulfonamides is 1. The van der Waals surface area contributed by atoms with E-state index in [0.717, 1.165) is 0 Å². The summed E-state index contributed by atoms with van der Waals surface area (Å²) in [5, 5.41) is 0. The van der Waals surface area contributed by atoms with Crippen LogP contribution in [0.5, 0.6) is 0 Å². The summed E-state index contributed by atoms with van der Waals surface area (Å²) in [5.41, 5.74) is 6.13. The van der Waals surface area contributed by atoms with Gasteiger partial charge < -0.3 is 10.5 Å². The van der Waals surface area contributed by atoms with Gasteiger partial charge in [-0.1, -0.05) is 6.92 Å². The summed E-state index contributed by atoms with van der Waals surface area (Å²) in [7, 11) is -3.52. The van der Waals surface area contributed by atoms with Crippen LogP contribution >= 0.6 is 15.9 Å². The van der Waals surface area contributed by atoms with E-state index in [0.29, 0.717) is 36.5 Å². The number of rotatable bonds is 7. The molecule has 108 valence electrons. The Bertz CT molecular complexity index is 520. The first kappa shape index (κ1) is 16.4. The van der Waals surface area contributed by atoms with Crippen LogP contribution in [0.4, 0.5) is 5.69 Å². The third-order valence-electron chi connectivity index (χ3n) is 2.65. The maximum Gasteiger partial charge on any atom is 0.243 e. The van der Waals surface area contributed by atoms with Gasteiger partial charge in [0, 0.05) is 29.9 Å². The number of benzene rings is 1. The van der Waals surface area contributed by atoms with Crippen LogP contribution in [0.15, 0.2) is 27.6 Å². The zero-order valence-corrected chi connectivity index (χ0v) is 13.5. The maximum atomic E-state index is 12.4. The molecule has 0 unspecified atom stereocenters. The molecule has 0 spiro atoms. The van der Waals surface area contributed by atoms with Gasteiger partial charge in [-0.05, 0) is 41.1 Å². The first-order valence-electron chi connectivity index (χ1n) is 6.06. The molecule has 0 saturated heterocycles. The smallest absolute Gasteiger partial charge is 0.243 e. The Hall–Kier alpha value is -0.630. The van der Waals surface area contributed by atoms with Crippen molar-refractivity contribution in [3.8, 4) is 0 Å². The average molecular weight is 351 g/mol. The molecule has 2 N–H and O–H groups in total. The summed E-state index contributed by atoms with van der Waals surface area (Å²) in [6.07, 6.45) is 0. The monoisotopic (exact) mass is 350 g/mol. The van der Waals surface area contributed by atoms with Crippen molar-refractivity contribution in [1.29, 1.82) is 0 Å². The lowest BCUT2D eigenvalue weighted by atomic mass is 10.3. The van der Waals surface area contributed by atoms with Crippen LogP contribution in [-0.4, -0.2) is 39.0 Å². The number of nitrogen functional groups attached to an aromatic ring is 1. The number of anilines is 1. The maximum absolute atomic E-state index is 12.4. The Morgan fingerprint density at radius 2 is 2.05 bits per heavy atom. The topological polar surface area (TPSA) is 72.6 Å². The van der Waals surface area contributed by atoms with Crippen molar-refractivity contribution < 1.29 is 13.2 Å². The molecule has 0 bridgehead atoms. The Kier molecular flexibility index (Phi) is 6.25. The summed E-state index contributed by atoms with van der Waals surface area (Å²) in [5.74, 6) is 0. The van der Waals surface area contributed by atoms with Gasteiger partial charge in [0.2, 0.25) is 10.0 Å². The SMILES string of the molecule is CCOCCN(CC)S(=O)(=O)c1ccc(Br)c(N)c1. The van der Waals surface area contributed by atoms with Crippen molar-refractivity contribution in [3.05, 3.63) is 22.7 Å². The quantitative estimate of drug-likeness (QED) is 0.603. The largest absolute Gasteiger partial charge is 0.398 e. The van der Waals surface area contributed by atoms with Crippen molar-refractivity contribution in [1.82, 2.24) is 4.31 Å². The number of hydrogen-bond acceptors (Lipinski definition) is 4. The van der Waals surface area contributed by atoms with E-state index in [1.807, 2.05) is 6.92 Å². The highest BCUT2D eigenvalue weighted by molar-refractivity contribution is 9.10. The van der Waals surface area contributed by atoms with Gasteiger partial charge in [-0.2, -0.15) is 4.31 Å². The number of ether oxygens (including phenoxy) is 1. The Balaban J connectivity index is 2.96. The molecular weight excluding hydrogens is 332 g/mol. The third-order valence-corrected chi connectivity index (χ3v) is 5.34. The molecule has 0 radical (unpaired) electrons. The van der Waals surface area contributed by atoms with E-state index in [1.54, 1.807) is 19.1 Å². The molecule has 0 aliphatic heterocycles. The fourth-order valence-corrected chi connectivity index (χ4v) is 3.31. The molecule has 0 aromatic heterocycles. The molecule has 1 aromatic rings. The number of halogens is 1. The minimum Gasteiger partial charge on any atom is -0.398 e. The predicted molar refractivity (Wildman–Crippen MR) is 79.5 cm³/mol. The summed E-state index contributed by atoms with van der Waals surface area (Å²) >= 11 is 3.25. The van der Waals surface area contributed by atoms with Crippen molar-refractivity contribution in [2.45, 2.75) is 18.7 Å². The van der Waals surface area contributed by atoms with E-state index in [4.69, 9.17) is 10.5 Å². The number of likely N-dealkylation sites (N-methyl/N-ethyl adjacent to an activating group) is 1. The molecule has 0 saturated carbocycles. The molecule has 7 heteroatoms. The first-order valence-corrected chi connectivity index (χ1v) is 8.29. The first-order chi connectivity index (χ1) is 8.93. The molecule has 0 amide bonds. The molecule has 0 heterocycles. The fourth-order valence-electron chi connectivity index (χ4n) is 1.59. The number of nitrogens with two attached hydrogens (primary N) is 1. The lowest BCUT2D eigenvalue weighted by Gasteiger charge is -2.20. The predicted octanol–water partition coefficient (Wildman–Crippen LogP) is 2.08. The lowest BCUT2D eigenvalue weighted by molar-refractivity contribution is 0.135. The van der Waals surface area contributed by atoms with Crippen LogP contribution in [-0.2, 0) is 14.8 Å². The van der Waals surface area contributed by atoms with Gasteiger partial charge in [0.05, 0.1) is 11.5 Å². The van der Waals surface area contributed by atoms with E-state index in [-0.39, 0.29) is 4.90 Å². The standard InChI is InChI=1S/C12H19BrN2O3S/c1-3-15(7-8-18-4-2)19(16,17)10-5-6-11(13)12(14)9-10/h5-6,9H,3-4,7-8,14H2,1-2H3. The van der Waals surface area contributed by atoms with E-state index >= 15 is 0 Å². The normalized spacial score (nSPS) is 12.0. The van der Waals surface area contributed by atoms with Crippen LogP contribution in [0.25, 0.3) is 0 Å². The Labute approximate surface area is 122 Å². The van der Waals surface area contributed by atoms with Gasteiger partial charge in [0.1, 0.15) is 0 Å². The Morgan fingerprint density at radius 1 is 1.37 bits per heavy atom. The minimum atomic E-state index is -3.52. The van der Waals surface area contributed by atoms with Crippen LogP contribution in [0, 0.1) is 0 Å². The minimum absolute atomic E-state index is 0.201. The number of nitrogens with zero attached hydrogens (tertiary/aromatic N) is 1. The summed E-state index contributed by atoms with van der Waals surface area (Å²) < 4.78 is 32.1. The third kappa shape index (κ3) is 4.17. The molecule has 0 fully saturated rings. The molecular formula is C12H19BrN2O3S. The highest BCUT2D eigenvalue weighted by Crippen LogP contribution is 2.24. The van der Waals surface area contributed by atoms with E-state index < -0.39 is 10.0 Å². The van der Waals surface area contributed by atoms with Crippen LogP contribution in [0.2, 0.25) is 0 Å². The second kappa shape index (κ2) is 7.23. The molecule has 5 nitrogen and oxygen atoms in total. The zero-order valence-electron chi connectivity index (χ0n) is 11.1. The van der Waals surface area contributed by atoms with E-state index in [2.05, 4.69) is 15.9 Å². The van der Waals surface area contributed by atoms with Crippen molar-refractivity contribution in [2.24, 2.45) is 0 Å². The molecule has 0 aliphatic rings. The lowest BCUT2D eigenvalue weighted by Crippen LogP contribution is -2.34. The van der Waals surface area contributed by atoms with Crippen molar-refractivity contribution >= 4 is 31.6 Å². The second-order valence-electron chi connectivity index (χ2n) is 3.88. The molecule has 0 atom stereocenters. The van der Waals surface area contributed by atoms with Crippen LogP contribution in [0.1, 0.15) is 13.8 Å².